The summed E-state index contributed by atoms with van der Waals surface area (Å²) in [5.74, 6) is 0.109. The summed E-state index contributed by atoms with van der Waals surface area (Å²) in [5.41, 5.74) is 2.38. The molecule has 0 unspecified atom stereocenters. The first kappa shape index (κ1) is 25.3. The highest BCUT2D eigenvalue weighted by Crippen LogP contribution is 2.57. The van der Waals surface area contributed by atoms with Crippen LogP contribution in [-0.4, -0.2) is 39.8 Å². The molecule has 1 N–H and O–H groups in total. The Morgan fingerprint density at radius 1 is 1.08 bits per heavy atom. The molecule has 0 radical (unpaired) electrons. The zero-order valence-corrected chi connectivity index (χ0v) is 21.9. The fourth-order valence-electron chi connectivity index (χ4n) is 6.38. The minimum absolute atomic E-state index is 0.0314. The highest BCUT2D eigenvalue weighted by Gasteiger charge is 2.65. The van der Waals surface area contributed by atoms with Crippen molar-refractivity contribution in [2.45, 2.75) is 30.3 Å². The average Bonchev–Trinajstić information content (AvgIpc) is 3.47. The highest BCUT2D eigenvalue weighted by atomic mass is 35.5. The van der Waals surface area contributed by atoms with Gasteiger partial charge in [0, 0.05) is 53.1 Å². The summed E-state index contributed by atoms with van der Waals surface area (Å²) in [6.07, 6.45) is 3.79. The molecule has 0 saturated carbocycles. The van der Waals surface area contributed by atoms with Crippen molar-refractivity contribution in [3.8, 4) is 0 Å². The van der Waals surface area contributed by atoms with Crippen LogP contribution in [-0.2, 0) is 16.0 Å². The number of carbonyl (C=O) groups excluding carboxylic acids is 2. The SMILES string of the molecule is O=C(/C=C/c1ccc(F)cc1)C[C@H]1[C@H](c2ccc(F)cc2)[C@H]2CSCN2[C@@]12Cc1ccc(Cl)cc1NC2=O. The molecular formula is C30H25ClF2N2O2S. The van der Waals surface area contributed by atoms with Crippen LogP contribution in [0, 0.1) is 17.6 Å². The summed E-state index contributed by atoms with van der Waals surface area (Å²) < 4.78 is 27.2. The van der Waals surface area contributed by atoms with Crippen molar-refractivity contribution in [3.63, 3.8) is 0 Å². The lowest BCUT2D eigenvalue weighted by Gasteiger charge is -2.44. The number of anilines is 1. The van der Waals surface area contributed by atoms with Crippen molar-refractivity contribution in [1.82, 2.24) is 4.90 Å². The molecule has 4 atom stereocenters. The smallest absolute Gasteiger partial charge is 0.245 e. The Morgan fingerprint density at radius 2 is 1.79 bits per heavy atom. The number of ketones is 1. The van der Waals surface area contributed by atoms with Gasteiger partial charge in [0.2, 0.25) is 5.91 Å². The Hall–Kier alpha value is -3.00. The minimum atomic E-state index is -0.937. The predicted molar refractivity (Wildman–Crippen MR) is 147 cm³/mol. The third-order valence-electron chi connectivity index (χ3n) is 8.07. The standard InChI is InChI=1S/C30H25ClF2N2O2S/c31-21-7-4-20-15-30(29(37)34-26(20)13-21)25(14-24(36)12-3-18-1-8-22(32)9-2-18)28(27-16-38-17-35(27)30)19-5-10-23(33)11-6-19/h1-13,25,27-28H,14-17H2,(H,34,37)/b12-3+/t25-,27+,28-,30-/m0/s1. The lowest BCUT2D eigenvalue weighted by atomic mass is 9.69. The second-order valence-corrected chi connectivity index (χ2v) is 11.6. The summed E-state index contributed by atoms with van der Waals surface area (Å²) in [7, 11) is 0. The van der Waals surface area contributed by atoms with E-state index in [1.165, 1.54) is 30.3 Å². The topological polar surface area (TPSA) is 49.4 Å². The van der Waals surface area contributed by atoms with Crippen LogP contribution in [0.3, 0.4) is 0 Å². The van der Waals surface area contributed by atoms with Gasteiger partial charge in [-0.15, -0.1) is 11.8 Å². The van der Waals surface area contributed by atoms with Gasteiger partial charge in [-0.05, 0) is 59.2 Å². The monoisotopic (exact) mass is 550 g/mol. The van der Waals surface area contributed by atoms with Crippen LogP contribution in [0.15, 0.2) is 72.8 Å². The molecule has 4 nitrogen and oxygen atoms in total. The van der Waals surface area contributed by atoms with Gasteiger partial charge >= 0.3 is 0 Å². The van der Waals surface area contributed by atoms with E-state index in [1.807, 2.05) is 12.1 Å². The van der Waals surface area contributed by atoms with E-state index in [2.05, 4.69) is 10.2 Å². The van der Waals surface area contributed by atoms with E-state index >= 15 is 0 Å². The molecule has 2 saturated heterocycles. The average molecular weight is 551 g/mol. The molecule has 194 valence electrons. The van der Waals surface area contributed by atoms with Gasteiger partial charge in [0.15, 0.2) is 5.78 Å². The number of thioether (sulfide) groups is 1. The summed E-state index contributed by atoms with van der Waals surface area (Å²) in [4.78, 5) is 29.7. The molecule has 3 heterocycles. The van der Waals surface area contributed by atoms with Crippen molar-refractivity contribution >= 4 is 46.8 Å². The summed E-state index contributed by atoms with van der Waals surface area (Å²) >= 11 is 7.98. The van der Waals surface area contributed by atoms with Crippen LogP contribution in [0.25, 0.3) is 6.08 Å². The molecule has 0 aromatic heterocycles. The first-order chi connectivity index (χ1) is 18.3. The largest absolute Gasteiger partial charge is 0.324 e. The maximum atomic E-state index is 14.0. The maximum absolute atomic E-state index is 14.0. The lowest BCUT2D eigenvalue weighted by Crippen LogP contribution is -2.60. The summed E-state index contributed by atoms with van der Waals surface area (Å²) in [5, 5.41) is 3.64. The van der Waals surface area contributed by atoms with E-state index in [0.29, 0.717) is 28.6 Å². The van der Waals surface area contributed by atoms with Gasteiger partial charge in [0.1, 0.15) is 17.2 Å². The molecule has 3 aliphatic heterocycles. The second-order valence-electron chi connectivity index (χ2n) is 10.1. The van der Waals surface area contributed by atoms with Gasteiger partial charge in [-0.2, -0.15) is 0 Å². The number of hydrogen-bond donors (Lipinski definition) is 1. The molecule has 1 spiro atoms. The van der Waals surface area contributed by atoms with Gasteiger partial charge in [-0.1, -0.05) is 48.0 Å². The third kappa shape index (κ3) is 4.36. The molecule has 3 aliphatic rings. The first-order valence-electron chi connectivity index (χ1n) is 12.5. The van der Waals surface area contributed by atoms with E-state index in [0.717, 1.165) is 16.9 Å². The fraction of sp³-hybridized carbons (Fsp3) is 0.267. The molecule has 3 aromatic rings. The van der Waals surface area contributed by atoms with E-state index < -0.39 is 5.54 Å². The maximum Gasteiger partial charge on any atom is 0.245 e. The molecule has 6 rings (SSSR count). The normalized spacial score (nSPS) is 26.5. The second kappa shape index (κ2) is 9.95. The molecule has 0 bridgehead atoms. The van der Waals surface area contributed by atoms with Gasteiger partial charge in [0.05, 0.1) is 0 Å². The zero-order chi connectivity index (χ0) is 26.4. The van der Waals surface area contributed by atoms with Crippen LogP contribution in [0.4, 0.5) is 14.5 Å². The first-order valence-corrected chi connectivity index (χ1v) is 14.0. The molecule has 8 heteroatoms. The number of carbonyl (C=O) groups is 2. The van der Waals surface area contributed by atoms with Gasteiger partial charge in [-0.25, -0.2) is 8.78 Å². The molecule has 2 fully saturated rings. The molecule has 0 aliphatic carbocycles. The van der Waals surface area contributed by atoms with Crippen LogP contribution in [0.2, 0.25) is 5.02 Å². The number of rotatable bonds is 5. The Balaban J connectivity index is 1.41. The van der Waals surface area contributed by atoms with Gasteiger partial charge in [0.25, 0.3) is 0 Å². The number of amides is 1. The molecule has 38 heavy (non-hydrogen) atoms. The van der Waals surface area contributed by atoms with Crippen molar-refractivity contribution < 1.29 is 18.4 Å². The number of benzene rings is 3. The lowest BCUT2D eigenvalue weighted by molar-refractivity contribution is -0.130. The fourth-order valence-corrected chi connectivity index (χ4v) is 7.90. The predicted octanol–water partition coefficient (Wildman–Crippen LogP) is 6.31. The summed E-state index contributed by atoms with van der Waals surface area (Å²) in [6, 6.07) is 17.9. The van der Waals surface area contributed by atoms with Crippen molar-refractivity contribution in [2.24, 2.45) is 5.92 Å². The number of halogens is 3. The zero-order valence-electron chi connectivity index (χ0n) is 20.4. The number of nitrogens with zero attached hydrogens (tertiary/aromatic N) is 1. The van der Waals surface area contributed by atoms with Crippen molar-refractivity contribution in [2.75, 3.05) is 16.9 Å². The van der Waals surface area contributed by atoms with E-state index in [-0.39, 0.29) is 47.6 Å². The molecule has 1 amide bonds. The number of fused-ring (bicyclic) bond motifs is 3. The van der Waals surface area contributed by atoms with Gasteiger partial charge in [-0.3, -0.25) is 14.5 Å². The van der Waals surface area contributed by atoms with E-state index in [1.54, 1.807) is 48.2 Å². The number of allylic oxidation sites excluding steroid dienone is 1. The Kier molecular flexibility index (Phi) is 6.62. The number of hydrogen-bond acceptors (Lipinski definition) is 4. The Morgan fingerprint density at radius 3 is 2.53 bits per heavy atom. The van der Waals surface area contributed by atoms with Crippen molar-refractivity contribution in [1.29, 1.82) is 0 Å². The van der Waals surface area contributed by atoms with Crippen LogP contribution < -0.4 is 5.32 Å². The molecule has 3 aromatic carbocycles. The van der Waals surface area contributed by atoms with Crippen LogP contribution in [0.1, 0.15) is 29.0 Å². The number of nitrogens with one attached hydrogen (secondary N) is 1. The minimum Gasteiger partial charge on any atom is -0.324 e. The molecular weight excluding hydrogens is 526 g/mol. The van der Waals surface area contributed by atoms with Gasteiger partial charge < -0.3 is 5.32 Å². The quantitative estimate of drug-likeness (QED) is 0.378. The van der Waals surface area contributed by atoms with E-state index in [9.17, 15) is 18.4 Å². The summed E-state index contributed by atoms with van der Waals surface area (Å²) in [6.45, 7) is 0. The van der Waals surface area contributed by atoms with Crippen LogP contribution in [0.5, 0.6) is 0 Å². The van der Waals surface area contributed by atoms with E-state index in [4.69, 9.17) is 11.6 Å². The van der Waals surface area contributed by atoms with Crippen molar-refractivity contribution in [3.05, 3.63) is 106 Å². The Labute approximate surface area is 229 Å². The highest BCUT2D eigenvalue weighted by molar-refractivity contribution is 7.99. The van der Waals surface area contributed by atoms with Crippen LogP contribution >= 0.6 is 23.4 Å². The Bertz CT molecular complexity index is 1430. The third-order valence-corrected chi connectivity index (χ3v) is 9.35.